The Hall–Kier alpha value is -3.64. The monoisotopic (exact) mass is 498 g/mol. The standard InChI is InChI=1S/C31H34N2O4/c1-21-16-17-24-19-33(30(34)28(23-12-6-3-7-13-23)32-25-14-8-9-15-25)27(31(35)36)18-26(24)29(21)37-20-22-10-4-2-5-11-22/h2-7,10-13,16-17,25,27-28,32H,8-9,14-15,18-20H2,1H3,(H,35,36)/t27-,28+/m0/s1. The predicted octanol–water partition coefficient (Wildman–Crippen LogP) is 5.19. The van der Waals surface area contributed by atoms with Crippen molar-refractivity contribution in [2.24, 2.45) is 0 Å². The fourth-order valence-corrected chi connectivity index (χ4v) is 5.59. The molecule has 0 bridgehead atoms. The SMILES string of the molecule is Cc1ccc2c(c1OCc1ccccc1)C[C@@H](C(=O)O)N(C(=O)[C@H](NC1CCCC1)c1ccccc1)C2. The lowest BCUT2D eigenvalue weighted by atomic mass is 9.90. The predicted molar refractivity (Wildman–Crippen MR) is 142 cm³/mol. The number of carboxylic acid groups (broad SMARTS) is 1. The van der Waals surface area contributed by atoms with Gasteiger partial charge in [-0.25, -0.2) is 4.79 Å². The summed E-state index contributed by atoms with van der Waals surface area (Å²) < 4.78 is 6.24. The van der Waals surface area contributed by atoms with Crippen LogP contribution in [-0.4, -0.2) is 34.0 Å². The molecule has 0 aromatic heterocycles. The van der Waals surface area contributed by atoms with Crippen molar-refractivity contribution in [1.29, 1.82) is 0 Å². The molecule has 0 unspecified atom stereocenters. The maximum atomic E-state index is 14.0. The van der Waals surface area contributed by atoms with Gasteiger partial charge in [-0.05, 0) is 42.0 Å². The number of ether oxygens (including phenoxy) is 1. The van der Waals surface area contributed by atoms with Gasteiger partial charge in [-0.2, -0.15) is 0 Å². The Kier molecular flexibility index (Phi) is 7.56. The number of amides is 1. The molecule has 1 amide bonds. The van der Waals surface area contributed by atoms with Gasteiger partial charge in [0.15, 0.2) is 0 Å². The van der Waals surface area contributed by atoms with Crippen LogP contribution in [0.15, 0.2) is 72.8 Å². The van der Waals surface area contributed by atoms with Crippen LogP contribution in [0.2, 0.25) is 0 Å². The van der Waals surface area contributed by atoms with Gasteiger partial charge in [0.25, 0.3) is 0 Å². The minimum atomic E-state index is -0.998. The van der Waals surface area contributed by atoms with Crippen molar-refractivity contribution in [2.45, 2.75) is 70.3 Å². The summed E-state index contributed by atoms with van der Waals surface area (Å²) in [5.74, 6) is -0.464. The highest BCUT2D eigenvalue weighted by molar-refractivity contribution is 5.89. The second-order valence-electron chi connectivity index (χ2n) is 10.1. The van der Waals surface area contributed by atoms with Gasteiger partial charge in [0, 0.05) is 24.6 Å². The lowest BCUT2D eigenvalue weighted by Crippen LogP contribution is -2.53. The number of aryl methyl sites for hydroxylation is 1. The van der Waals surface area contributed by atoms with Crippen LogP contribution in [-0.2, 0) is 29.2 Å². The number of carbonyl (C=O) groups excluding carboxylic acids is 1. The number of hydrogen-bond donors (Lipinski definition) is 2. The molecule has 5 rings (SSSR count). The van der Waals surface area contributed by atoms with Gasteiger partial charge < -0.3 is 14.7 Å². The summed E-state index contributed by atoms with van der Waals surface area (Å²) in [6.07, 6.45) is 4.57. The highest BCUT2D eigenvalue weighted by Gasteiger charge is 2.40. The molecule has 1 heterocycles. The Balaban J connectivity index is 1.44. The third-order valence-corrected chi connectivity index (χ3v) is 7.60. The number of benzene rings is 3. The molecule has 2 aliphatic rings. The highest BCUT2D eigenvalue weighted by Crippen LogP contribution is 2.36. The molecule has 0 saturated heterocycles. The van der Waals surface area contributed by atoms with Crippen LogP contribution in [0.4, 0.5) is 0 Å². The van der Waals surface area contributed by atoms with Gasteiger partial charge in [-0.3, -0.25) is 10.1 Å². The minimum absolute atomic E-state index is 0.191. The molecule has 2 atom stereocenters. The molecule has 3 aromatic rings. The van der Waals surface area contributed by atoms with E-state index in [9.17, 15) is 14.7 Å². The third-order valence-electron chi connectivity index (χ3n) is 7.60. The maximum Gasteiger partial charge on any atom is 0.326 e. The van der Waals surface area contributed by atoms with Crippen molar-refractivity contribution < 1.29 is 19.4 Å². The van der Waals surface area contributed by atoms with Crippen LogP contribution in [0.25, 0.3) is 0 Å². The van der Waals surface area contributed by atoms with Crippen LogP contribution < -0.4 is 10.1 Å². The molecule has 0 spiro atoms. The number of hydrogen-bond acceptors (Lipinski definition) is 4. The van der Waals surface area contributed by atoms with E-state index >= 15 is 0 Å². The van der Waals surface area contributed by atoms with E-state index < -0.39 is 18.1 Å². The van der Waals surface area contributed by atoms with Crippen molar-refractivity contribution in [2.75, 3.05) is 0 Å². The fraction of sp³-hybridized carbons (Fsp3) is 0.355. The molecule has 37 heavy (non-hydrogen) atoms. The normalized spacial score (nSPS) is 18.3. The van der Waals surface area contributed by atoms with Gasteiger partial charge in [-0.1, -0.05) is 85.6 Å². The summed E-state index contributed by atoms with van der Waals surface area (Å²) in [5.41, 5.74) is 4.69. The lowest BCUT2D eigenvalue weighted by molar-refractivity contribution is -0.152. The number of nitrogens with one attached hydrogen (secondary N) is 1. The van der Waals surface area contributed by atoms with Crippen molar-refractivity contribution in [1.82, 2.24) is 10.2 Å². The number of aliphatic carboxylic acids is 1. The Morgan fingerprint density at radius 2 is 1.68 bits per heavy atom. The molecular formula is C31H34N2O4. The van der Waals surface area contributed by atoms with Gasteiger partial charge >= 0.3 is 5.97 Å². The lowest BCUT2D eigenvalue weighted by Gasteiger charge is -2.38. The number of nitrogens with zero attached hydrogens (tertiary/aromatic N) is 1. The van der Waals surface area contributed by atoms with Gasteiger partial charge in [0.05, 0.1) is 0 Å². The molecule has 1 saturated carbocycles. The van der Waals surface area contributed by atoms with Crippen LogP contribution >= 0.6 is 0 Å². The molecular weight excluding hydrogens is 464 g/mol. The largest absolute Gasteiger partial charge is 0.488 e. The van der Waals surface area contributed by atoms with E-state index in [4.69, 9.17) is 4.74 Å². The third kappa shape index (κ3) is 5.54. The van der Waals surface area contributed by atoms with Crippen LogP contribution in [0, 0.1) is 6.92 Å². The average Bonchev–Trinajstić information content (AvgIpc) is 3.44. The maximum absolute atomic E-state index is 14.0. The Morgan fingerprint density at radius 3 is 2.35 bits per heavy atom. The molecule has 6 nitrogen and oxygen atoms in total. The average molecular weight is 499 g/mol. The zero-order chi connectivity index (χ0) is 25.8. The van der Waals surface area contributed by atoms with Crippen molar-refractivity contribution in [3.8, 4) is 5.75 Å². The number of carboxylic acids is 1. The van der Waals surface area contributed by atoms with Crippen LogP contribution in [0.3, 0.4) is 0 Å². The molecule has 2 N–H and O–H groups in total. The highest BCUT2D eigenvalue weighted by atomic mass is 16.5. The summed E-state index contributed by atoms with van der Waals surface area (Å²) >= 11 is 0. The van der Waals surface area contributed by atoms with Gasteiger partial charge in [0.1, 0.15) is 24.4 Å². The second-order valence-corrected chi connectivity index (χ2v) is 10.1. The van der Waals surface area contributed by atoms with E-state index in [0.717, 1.165) is 59.3 Å². The van der Waals surface area contributed by atoms with E-state index in [1.54, 1.807) is 4.90 Å². The first-order chi connectivity index (χ1) is 18.0. The zero-order valence-corrected chi connectivity index (χ0v) is 21.2. The Bertz CT molecular complexity index is 1240. The number of fused-ring (bicyclic) bond motifs is 1. The molecule has 1 aliphatic heterocycles. The first-order valence-electron chi connectivity index (χ1n) is 13.1. The number of carbonyl (C=O) groups is 2. The molecule has 1 aliphatic carbocycles. The minimum Gasteiger partial charge on any atom is -0.488 e. The van der Waals surface area contributed by atoms with Crippen molar-refractivity contribution in [3.05, 3.63) is 101 Å². The summed E-state index contributed by atoms with van der Waals surface area (Å²) in [5, 5.41) is 13.8. The smallest absolute Gasteiger partial charge is 0.326 e. The molecule has 6 heteroatoms. The van der Waals surface area contributed by atoms with Crippen LogP contribution in [0.5, 0.6) is 5.75 Å². The van der Waals surface area contributed by atoms with Crippen LogP contribution in [0.1, 0.15) is 59.5 Å². The van der Waals surface area contributed by atoms with Gasteiger partial charge in [0.2, 0.25) is 5.91 Å². The van der Waals surface area contributed by atoms with Crippen molar-refractivity contribution in [3.63, 3.8) is 0 Å². The molecule has 1 fully saturated rings. The Labute approximate surface area is 218 Å². The molecule has 0 radical (unpaired) electrons. The Morgan fingerprint density at radius 1 is 1.00 bits per heavy atom. The summed E-state index contributed by atoms with van der Waals surface area (Å²) in [6, 6.07) is 22.3. The summed E-state index contributed by atoms with van der Waals surface area (Å²) in [4.78, 5) is 28.1. The first-order valence-corrected chi connectivity index (χ1v) is 13.1. The quantitative estimate of drug-likeness (QED) is 0.447. The van der Waals surface area contributed by atoms with Gasteiger partial charge in [-0.15, -0.1) is 0 Å². The first kappa shape index (κ1) is 25.0. The van der Waals surface area contributed by atoms with E-state index in [-0.39, 0.29) is 24.9 Å². The second kappa shape index (κ2) is 11.2. The fourth-order valence-electron chi connectivity index (χ4n) is 5.59. The van der Waals surface area contributed by atoms with Crippen molar-refractivity contribution >= 4 is 11.9 Å². The molecule has 192 valence electrons. The van der Waals surface area contributed by atoms with E-state index in [1.807, 2.05) is 79.7 Å². The van der Waals surface area contributed by atoms with E-state index in [1.165, 1.54) is 0 Å². The number of rotatable bonds is 8. The topological polar surface area (TPSA) is 78.9 Å². The molecule has 3 aromatic carbocycles. The van der Waals surface area contributed by atoms with E-state index in [0.29, 0.717) is 6.61 Å². The summed E-state index contributed by atoms with van der Waals surface area (Å²) in [6.45, 7) is 2.62. The zero-order valence-electron chi connectivity index (χ0n) is 21.2. The van der Waals surface area contributed by atoms with E-state index in [2.05, 4.69) is 5.32 Å². The summed E-state index contributed by atoms with van der Waals surface area (Å²) in [7, 11) is 0.